The van der Waals surface area contributed by atoms with E-state index in [1.165, 1.54) is 0 Å². The van der Waals surface area contributed by atoms with Crippen molar-refractivity contribution in [2.75, 3.05) is 23.7 Å². The number of hydrogen-bond donors (Lipinski definition) is 6. The third-order valence-corrected chi connectivity index (χ3v) is 10.4. The Morgan fingerprint density at radius 2 is 1.33 bits per heavy atom. The minimum absolute atomic E-state index is 0. The SMILES string of the molecule is Cc1ccccc1NC(=O)Nc1ccc(CC(=O)N[C@@H](CCCCNC(=O)CCCCCN(Cc2ccccn2)Cc2ccccn2)C(=O)N[C@@H](CC(=O)O)c2ccccc2)cc1.[Tc]. The van der Waals surface area contributed by atoms with E-state index >= 15 is 0 Å². The largest absolute Gasteiger partial charge is 0.481 e. The van der Waals surface area contributed by atoms with Crippen LogP contribution < -0.4 is 26.6 Å². The van der Waals surface area contributed by atoms with Gasteiger partial charge in [0.15, 0.2) is 0 Å². The molecule has 0 aliphatic rings. The Morgan fingerprint density at radius 3 is 1.97 bits per heavy atom. The van der Waals surface area contributed by atoms with Gasteiger partial charge in [0.05, 0.1) is 30.3 Å². The van der Waals surface area contributed by atoms with Crippen LogP contribution in [0.25, 0.3) is 0 Å². The standard InChI is InChI=1S/C49H58N8O6.Tc/c1-36-16-7-8-21-42(36)56-49(63)53-39-26-24-37(25-27-39)32-46(59)54-43(48(62)55-44(33-47(60)61)38-17-4-2-5-18-38)22-11-14-30-52-45(58)23-6-3-15-31-57(34-40-19-9-12-28-50-40)35-41-20-10-13-29-51-41;/h2,4-5,7-10,12-13,16-21,24-29,43-44H,3,6,11,14-15,22-23,30-35H2,1H3,(H,52,58)(H,54,59)(H,55,62)(H,60,61)(H2,53,56,63);/t43-,44-;/m0./s1. The fraction of sp³-hybridized carbons (Fsp3) is 0.327. The third kappa shape index (κ3) is 18.6. The summed E-state index contributed by atoms with van der Waals surface area (Å²) < 4.78 is 0. The van der Waals surface area contributed by atoms with Crippen molar-refractivity contribution in [3.8, 4) is 0 Å². The average Bonchev–Trinajstić information content (AvgIpc) is 3.27. The molecule has 1 radical (unpaired) electrons. The molecule has 5 aromatic rings. The van der Waals surface area contributed by atoms with Gasteiger partial charge >= 0.3 is 12.0 Å². The van der Waals surface area contributed by atoms with Crippen molar-refractivity contribution in [1.29, 1.82) is 0 Å². The first-order chi connectivity index (χ1) is 30.6. The molecule has 3 aromatic carbocycles. The van der Waals surface area contributed by atoms with Crippen molar-refractivity contribution in [2.45, 2.75) is 89.9 Å². The van der Waals surface area contributed by atoms with E-state index in [-0.39, 0.29) is 45.3 Å². The van der Waals surface area contributed by atoms with Gasteiger partial charge in [-0.1, -0.05) is 79.2 Å². The second kappa shape index (κ2) is 27.7. The Bertz CT molecular complexity index is 2160. The van der Waals surface area contributed by atoms with Crippen LogP contribution in [-0.4, -0.2) is 68.8 Å². The molecule has 64 heavy (non-hydrogen) atoms. The molecule has 2 heterocycles. The van der Waals surface area contributed by atoms with Gasteiger partial charge in [0.1, 0.15) is 6.04 Å². The van der Waals surface area contributed by atoms with E-state index in [4.69, 9.17) is 0 Å². The van der Waals surface area contributed by atoms with E-state index in [0.717, 1.165) is 42.8 Å². The summed E-state index contributed by atoms with van der Waals surface area (Å²) in [5.74, 6) is -2.01. The number of aryl methyl sites for hydroxylation is 1. The summed E-state index contributed by atoms with van der Waals surface area (Å²) in [6, 6.07) is 32.8. The fourth-order valence-electron chi connectivity index (χ4n) is 7.03. The smallest absolute Gasteiger partial charge is 0.323 e. The maximum Gasteiger partial charge on any atom is 0.323 e. The number of carboxylic acids is 1. The van der Waals surface area contributed by atoms with Gasteiger partial charge in [0, 0.05) is 69.9 Å². The van der Waals surface area contributed by atoms with Gasteiger partial charge in [-0.05, 0) is 105 Å². The van der Waals surface area contributed by atoms with Crippen molar-refractivity contribution in [3.63, 3.8) is 0 Å². The number of carbonyl (C=O) groups excluding carboxylic acids is 4. The maximum atomic E-state index is 13.7. The molecule has 14 nitrogen and oxygen atoms in total. The van der Waals surface area contributed by atoms with Crippen LogP contribution in [-0.2, 0) is 58.8 Å². The number of pyridine rings is 2. The number of nitrogens with one attached hydrogen (secondary N) is 5. The first-order valence-electron chi connectivity index (χ1n) is 21.5. The molecule has 0 aliphatic carbocycles. The minimum atomic E-state index is -1.07. The molecule has 5 rings (SSSR count). The van der Waals surface area contributed by atoms with Gasteiger partial charge in [-0.15, -0.1) is 0 Å². The van der Waals surface area contributed by atoms with E-state index in [1.807, 2.05) is 67.6 Å². The van der Waals surface area contributed by atoms with Crippen LogP contribution in [0.2, 0.25) is 0 Å². The second-order valence-corrected chi connectivity index (χ2v) is 15.5. The fourth-order valence-corrected chi connectivity index (χ4v) is 7.03. The molecule has 0 spiro atoms. The Balaban J connectivity index is 0.00000898. The molecule has 0 aliphatic heterocycles. The minimum Gasteiger partial charge on any atom is -0.481 e. The molecule has 0 saturated carbocycles. The zero-order chi connectivity index (χ0) is 44.7. The summed E-state index contributed by atoms with van der Waals surface area (Å²) in [5, 5.41) is 23.9. The molecular weight excluding hydrogens is 895 g/mol. The summed E-state index contributed by atoms with van der Waals surface area (Å²) >= 11 is 0. The van der Waals surface area contributed by atoms with Gasteiger partial charge in [-0.25, -0.2) is 4.79 Å². The number of carbonyl (C=O) groups is 5. The second-order valence-electron chi connectivity index (χ2n) is 15.5. The number of nitrogens with zero attached hydrogens (tertiary/aromatic N) is 3. The number of anilines is 2. The molecule has 0 bridgehead atoms. The maximum absolute atomic E-state index is 13.7. The first-order valence-corrected chi connectivity index (χ1v) is 21.5. The van der Waals surface area contributed by atoms with E-state index in [9.17, 15) is 29.1 Å². The summed E-state index contributed by atoms with van der Waals surface area (Å²) in [6.45, 7) is 4.59. The van der Waals surface area contributed by atoms with E-state index in [1.54, 1.807) is 67.0 Å². The van der Waals surface area contributed by atoms with E-state index in [0.29, 0.717) is 61.4 Å². The third-order valence-electron chi connectivity index (χ3n) is 10.4. The summed E-state index contributed by atoms with van der Waals surface area (Å²) in [6.07, 6.45) is 7.57. The molecule has 6 N–H and O–H groups in total. The molecule has 337 valence electrons. The number of rotatable bonds is 25. The van der Waals surface area contributed by atoms with Crippen molar-refractivity contribution < 1.29 is 49.2 Å². The number of hydrogen-bond acceptors (Lipinski definition) is 8. The molecule has 15 heteroatoms. The zero-order valence-corrected chi connectivity index (χ0v) is 38.0. The zero-order valence-electron chi connectivity index (χ0n) is 36.2. The molecule has 0 fully saturated rings. The van der Waals surface area contributed by atoms with Crippen LogP contribution in [0.4, 0.5) is 16.2 Å². The number of aliphatic carboxylic acids is 1. The number of aromatic nitrogens is 2. The number of amides is 5. The Kier molecular flexibility index (Phi) is 21.8. The predicted octanol–water partition coefficient (Wildman–Crippen LogP) is 7.34. The monoisotopic (exact) mass is 951 g/mol. The van der Waals surface area contributed by atoms with Crippen LogP contribution in [0.3, 0.4) is 0 Å². The van der Waals surface area contributed by atoms with Crippen molar-refractivity contribution in [3.05, 3.63) is 156 Å². The molecule has 0 saturated heterocycles. The number of benzene rings is 3. The van der Waals surface area contributed by atoms with Gasteiger partial charge in [0.2, 0.25) is 17.7 Å². The van der Waals surface area contributed by atoms with Crippen LogP contribution >= 0.6 is 0 Å². The van der Waals surface area contributed by atoms with E-state index < -0.39 is 35.9 Å². The average molecular weight is 953 g/mol. The van der Waals surface area contributed by atoms with Crippen molar-refractivity contribution in [2.24, 2.45) is 0 Å². The Morgan fingerprint density at radius 1 is 0.672 bits per heavy atom. The van der Waals surface area contributed by atoms with Gasteiger partial charge in [0.25, 0.3) is 0 Å². The summed E-state index contributed by atoms with van der Waals surface area (Å²) in [4.78, 5) is 75.4. The molecular formula is C49H58N8O6Tc. The van der Waals surface area contributed by atoms with Crippen molar-refractivity contribution in [1.82, 2.24) is 30.8 Å². The number of unbranched alkanes of at least 4 members (excludes halogenated alkanes) is 3. The topological polar surface area (TPSA) is 195 Å². The quantitative estimate of drug-likeness (QED) is 0.0325. The van der Waals surface area contributed by atoms with Gasteiger partial charge in [-0.3, -0.25) is 34.0 Å². The molecule has 0 unspecified atom stereocenters. The van der Waals surface area contributed by atoms with Crippen LogP contribution in [0.5, 0.6) is 0 Å². The molecule has 2 atom stereocenters. The molecule has 2 aromatic heterocycles. The number of para-hydroxylation sites is 1. The van der Waals surface area contributed by atoms with E-state index in [2.05, 4.69) is 41.5 Å². The first kappa shape index (κ1) is 50.4. The number of urea groups is 1. The van der Waals surface area contributed by atoms with Crippen molar-refractivity contribution >= 4 is 41.1 Å². The van der Waals surface area contributed by atoms with Crippen LogP contribution in [0, 0.1) is 6.92 Å². The summed E-state index contributed by atoms with van der Waals surface area (Å²) in [7, 11) is 0. The normalized spacial score (nSPS) is 11.7. The Labute approximate surface area is 388 Å². The van der Waals surface area contributed by atoms with Crippen LogP contribution in [0.1, 0.15) is 85.5 Å². The number of carboxylic acid groups (broad SMARTS) is 1. The van der Waals surface area contributed by atoms with Gasteiger partial charge < -0.3 is 31.7 Å². The predicted molar refractivity (Wildman–Crippen MR) is 243 cm³/mol. The summed E-state index contributed by atoms with van der Waals surface area (Å²) in [5.41, 5.74) is 5.45. The van der Waals surface area contributed by atoms with Gasteiger partial charge in [-0.2, -0.15) is 0 Å². The van der Waals surface area contributed by atoms with Crippen LogP contribution in [0.15, 0.2) is 128 Å². The Hall–Kier alpha value is -6.28. The molecule has 5 amide bonds.